The summed E-state index contributed by atoms with van der Waals surface area (Å²) in [6.07, 6.45) is 0.792. The summed E-state index contributed by atoms with van der Waals surface area (Å²) >= 11 is 1.71. The fraction of sp³-hybridized carbons (Fsp3) is 0.190. The van der Waals surface area contributed by atoms with E-state index in [0.29, 0.717) is 6.54 Å². The van der Waals surface area contributed by atoms with Crippen LogP contribution in [0.3, 0.4) is 0 Å². The first-order valence-electron chi connectivity index (χ1n) is 8.44. The highest BCUT2D eigenvalue weighted by atomic mass is 32.1. The summed E-state index contributed by atoms with van der Waals surface area (Å²) in [7, 11) is 1.63. The van der Waals surface area contributed by atoms with E-state index in [1.54, 1.807) is 41.5 Å². The van der Waals surface area contributed by atoms with E-state index in [1.807, 2.05) is 24.3 Å². The maximum atomic E-state index is 14.2. The van der Waals surface area contributed by atoms with Crippen molar-refractivity contribution in [1.29, 1.82) is 0 Å². The van der Waals surface area contributed by atoms with Crippen molar-refractivity contribution in [3.8, 4) is 5.75 Å². The molecule has 0 aliphatic carbocycles. The Morgan fingerprint density at radius 1 is 1.15 bits per heavy atom. The average Bonchev–Trinajstić information content (AvgIpc) is 3.16. The van der Waals surface area contributed by atoms with Crippen LogP contribution >= 0.6 is 11.3 Å². The Morgan fingerprint density at radius 3 is 2.65 bits per heavy atom. The molecule has 5 heteroatoms. The maximum Gasteiger partial charge on any atom is 0.257 e. The van der Waals surface area contributed by atoms with Gasteiger partial charge in [0, 0.05) is 11.4 Å². The van der Waals surface area contributed by atoms with Crippen molar-refractivity contribution in [2.24, 2.45) is 0 Å². The standard InChI is InChI=1S/C21H18FNO2S/c1-25-15-8-6-14(7-9-15)20-17-11-13-26-19(17)10-12-23(20)21(24)16-4-2-3-5-18(16)22/h2-9,11,13,20H,10,12H2,1H3. The third-order valence-electron chi connectivity index (χ3n) is 4.76. The normalized spacial score (nSPS) is 16.2. The lowest BCUT2D eigenvalue weighted by atomic mass is 9.92. The van der Waals surface area contributed by atoms with E-state index in [2.05, 4.69) is 11.4 Å². The molecule has 1 amide bonds. The number of benzene rings is 2. The van der Waals surface area contributed by atoms with Gasteiger partial charge >= 0.3 is 0 Å². The molecule has 1 atom stereocenters. The monoisotopic (exact) mass is 367 g/mol. The summed E-state index contributed by atoms with van der Waals surface area (Å²) in [5.74, 6) is 0.00458. The van der Waals surface area contributed by atoms with Crippen LogP contribution in [-0.4, -0.2) is 24.5 Å². The number of rotatable bonds is 3. The van der Waals surface area contributed by atoms with Gasteiger partial charge in [0.2, 0.25) is 0 Å². The molecule has 2 aromatic carbocycles. The van der Waals surface area contributed by atoms with Gasteiger partial charge in [0.25, 0.3) is 5.91 Å². The lowest BCUT2D eigenvalue weighted by Crippen LogP contribution is -2.40. The van der Waals surface area contributed by atoms with Crippen LogP contribution in [0.1, 0.15) is 32.4 Å². The molecule has 1 aliphatic rings. The average molecular weight is 367 g/mol. The smallest absolute Gasteiger partial charge is 0.257 e. The Hall–Kier alpha value is -2.66. The molecular weight excluding hydrogens is 349 g/mol. The summed E-state index contributed by atoms with van der Waals surface area (Å²) in [5, 5.41) is 2.05. The van der Waals surface area contributed by atoms with Gasteiger partial charge < -0.3 is 9.64 Å². The number of fused-ring (bicyclic) bond motifs is 1. The Balaban J connectivity index is 1.77. The zero-order chi connectivity index (χ0) is 18.1. The third-order valence-corrected chi connectivity index (χ3v) is 5.76. The molecule has 0 saturated carbocycles. The van der Waals surface area contributed by atoms with E-state index in [0.717, 1.165) is 23.3 Å². The zero-order valence-electron chi connectivity index (χ0n) is 14.3. The fourth-order valence-electron chi connectivity index (χ4n) is 3.47. The summed E-state index contributed by atoms with van der Waals surface area (Å²) < 4.78 is 19.4. The van der Waals surface area contributed by atoms with Crippen molar-refractivity contribution in [1.82, 2.24) is 4.90 Å². The molecule has 0 saturated heterocycles. The van der Waals surface area contributed by atoms with Gasteiger partial charge in [-0.1, -0.05) is 24.3 Å². The van der Waals surface area contributed by atoms with Crippen LogP contribution in [0, 0.1) is 5.82 Å². The predicted octanol–water partition coefficient (Wildman–Crippen LogP) is 4.68. The van der Waals surface area contributed by atoms with Gasteiger partial charge in [0.05, 0.1) is 18.7 Å². The van der Waals surface area contributed by atoms with Crippen molar-refractivity contribution < 1.29 is 13.9 Å². The summed E-state index contributed by atoms with van der Waals surface area (Å²) in [5.41, 5.74) is 2.23. The number of carbonyl (C=O) groups is 1. The maximum absolute atomic E-state index is 14.2. The van der Waals surface area contributed by atoms with Crippen LogP contribution in [-0.2, 0) is 6.42 Å². The summed E-state index contributed by atoms with van der Waals surface area (Å²) in [6.45, 7) is 0.567. The Kier molecular flexibility index (Phi) is 4.47. The second-order valence-electron chi connectivity index (χ2n) is 6.20. The van der Waals surface area contributed by atoms with Gasteiger partial charge in [-0.15, -0.1) is 11.3 Å². The second-order valence-corrected chi connectivity index (χ2v) is 7.20. The molecule has 1 unspecified atom stereocenters. The summed E-state index contributed by atoms with van der Waals surface area (Å²) in [6, 6.07) is 15.7. The van der Waals surface area contributed by atoms with Gasteiger partial charge in [-0.3, -0.25) is 4.79 Å². The van der Waals surface area contributed by atoms with Crippen LogP contribution in [0.25, 0.3) is 0 Å². The first-order chi connectivity index (χ1) is 12.7. The largest absolute Gasteiger partial charge is 0.497 e. The molecule has 26 heavy (non-hydrogen) atoms. The molecule has 2 heterocycles. The van der Waals surface area contributed by atoms with Crippen molar-refractivity contribution in [2.75, 3.05) is 13.7 Å². The van der Waals surface area contributed by atoms with Crippen molar-refractivity contribution in [3.63, 3.8) is 0 Å². The van der Waals surface area contributed by atoms with Crippen LogP contribution in [0.2, 0.25) is 0 Å². The minimum absolute atomic E-state index is 0.115. The van der Waals surface area contributed by atoms with E-state index >= 15 is 0 Å². The minimum Gasteiger partial charge on any atom is -0.497 e. The molecule has 3 nitrogen and oxygen atoms in total. The highest BCUT2D eigenvalue weighted by molar-refractivity contribution is 7.10. The molecular formula is C21H18FNO2S. The first-order valence-corrected chi connectivity index (χ1v) is 9.32. The van der Waals surface area contributed by atoms with E-state index < -0.39 is 5.82 Å². The lowest BCUT2D eigenvalue weighted by Gasteiger charge is -2.36. The number of halogens is 1. The molecule has 0 bridgehead atoms. The predicted molar refractivity (Wildman–Crippen MR) is 100 cm³/mol. The first kappa shape index (κ1) is 16.8. The molecule has 3 aromatic rings. The Labute approximate surface area is 155 Å². The van der Waals surface area contributed by atoms with Crippen LogP contribution in [0.15, 0.2) is 60.0 Å². The molecule has 4 rings (SSSR count). The van der Waals surface area contributed by atoms with Crippen molar-refractivity contribution in [3.05, 3.63) is 87.4 Å². The molecule has 132 valence electrons. The van der Waals surface area contributed by atoms with E-state index in [1.165, 1.54) is 10.9 Å². The van der Waals surface area contributed by atoms with Crippen molar-refractivity contribution >= 4 is 17.2 Å². The van der Waals surface area contributed by atoms with Crippen molar-refractivity contribution in [2.45, 2.75) is 12.5 Å². The quantitative estimate of drug-likeness (QED) is 0.672. The topological polar surface area (TPSA) is 29.5 Å². The van der Waals surface area contributed by atoms with Crippen LogP contribution in [0.4, 0.5) is 4.39 Å². The van der Waals surface area contributed by atoms with Gasteiger partial charge in [-0.25, -0.2) is 4.39 Å². The number of hydrogen-bond acceptors (Lipinski definition) is 3. The number of methoxy groups -OCH3 is 1. The van der Waals surface area contributed by atoms with Crippen LogP contribution in [0.5, 0.6) is 5.75 Å². The number of carbonyl (C=O) groups excluding carboxylic acids is 1. The molecule has 1 aliphatic heterocycles. The number of ether oxygens (including phenoxy) is 1. The van der Waals surface area contributed by atoms with E-state index in [-0.39, 0.29) is 17.5 Å². The molecule has 0 fully saturated rings. The molecule has 0 N–H and O–H groups in total. The fourth-order valence-corrected chi connectivity index (χ4v) is 4.37. The van der Waals surface area contributed by atoms with E-state index in [9.17, 15) is 9.18 Å². The number of nitrogens with zero attached hydrogens (tertiary/aromatic N) is 1. The third kappa shape index (κ3) is 2.88. The van der Waals surface area contributed by atoms with Gasteiger partial charge in [0.1, 0.15) is 11.6 Å². The SMILES string of the molecule is COc1ccc(C2c3ccsc3CCN2C(=O)c2ccccc2F)cc1. The highest BCUT2D eigenvalue weighted by Crippen LogP contribution is 2.39. The lowest BCUT2D eigenvalue weighted by molar-refractivity contribution is 0.0691. The minimum atomic E-state index is -0.484. The van der Waals surface area contributed by atoms with Gasteiger partial charge in [0.15, 0.2) is 0 Å². The van der Waals surface area contributed by atoms with Gasteiger partial charge in [-0.2, -0.15) is 0 Å². The zero-order valence-corrected chi connectivity index (χ0v) is 15.1. The van der Waals surface area contributed by atoms with Gasteiger partial charge in [-0.05, 0) is 53.3 Å². The summed E-state index contributed by atoms with van der Waals surface area (Å²) in [4.78, 5) is 16.2. The number of thiophene rings is 1. The second kappa shape index (κ2) is 6.92. The Morgan fingerprint density at radius 2 is 1.92 bits per heavy atom. The van der Waals surface area contributed by atoms with Crippen LogP contribution < -0.4 is 4.74 Å². The number of amides is 1. The molecule has 0 spiro atoms. The Bertz CT molecular complexity index is 935. The molecule has 1 aromatic heterocycles. The van der Waals surface area contributed by atoms with E-state index in [4.69, 9.17) is 4.74 Å². The number of hydrogen-bond donors (Lipinski definition) is 0. The molecule has 0 radical (unpaired) electrons. The highest BCUT2D eigenvalue weighted by Gasteiger charge is 2.34.